The van der Waals surface area contributed by atoms with Gasteiger partial charge in [0, 0.05) is 17.3 Å². The number of fused-ring (bicyclic) bond motifs is 1. The fraction of sp³-hybridized carbons (Fsp3) is 0.235. The molecular formula is C17H19N3. The molecule has 0 saturated carbocycles. The molecule has 0 fully saturated rings. The molecule has 2 aromatic heterocycles. The monoisotopic (exact) mass is 265 g/mol. The maximum atomic E-state index is 4.38. The summed E-state index contributed by atoms with van der Waals surface area (Å²) < 4.78 is 0. The average Bonchev–Trinajstić information content (AvgIpc) is 2.86. The van der Waals surface area contributed by atoms with Crippen LogP contribution in [0.5, 0.6) is 0 Å². The Hall–Kier alpha value is -2.29. The number of rotatable bonds is 2. The van der Waals surface area contributed by atoms with Crippen LogP contribution in [0.2, 0.25) is 0 Å². The van der Waals surface area contributed by atoms with E-state index < -0.39 is 0 Å². The second kappa shape index (κ2) is 4.67. The fourth-order valence-corrected chi connectivity index (χ4v) is 2.23. The van der Waals surface area contributed by atoms with E-state index in [2.05, 4.69) is 66.4 Å². The van der Waals surface area contributed by atoms with E-state index in [0.29, 0.717) is 0 Å². The Morgan fingerprint density at radius 3 is 2.45 bits per heavy atom. The van der Waals surface area contributed by atoms with Gasteiger partial charge in [-0.2, -0.15) is 0 Å². The predicted octanol–water partition coefficient (Wildman–Crippen LogP) is 4.60. The minimum Gasteiger partial charge on any atom is -0.354 e. The summed E-state index contributed by atoms with van der Waals surface area (Å²) in [4.78, 5) is 7.47. The van der Waals surface area contributed by atoms with E-state index in [-0.39, 0.29) is 5.41 Å². The van der Waals surface area contributed by atoms with E-state index in [0.717, 1.165) is 22.4 Å². The highest BCUT2D eigenvalue weighted by Crippen LogP contribution is 2.25. The van der Waals surface area contributed by atoms with Crippen molar-refractivity contribution in [2.75, 3.05) is 5.32 Å². The number of nitrogens with zero attached hydrogens (tertiary/aromatic N) is 1. The van der Waals surface area contributed by atoms with Crippen molar-refractivity contribution in [1.29, 1.82) is 0 Å². The number of aromatic nitrogens is 2. The first kappa shape index (κ1) is 12.7. The summed E-state index contributed by atoms with van der Waals surface area (Å²) in [6.07, 6.45) is 3.75. The molecule has 102 valence electrons. The van der Waals surface area contributed by atoms with Gasteiger partial charge in [-0.3, -0.25) is 0 Å². The summed E-state index contributed by atoms with van der Waals surface area (Å²) in [7, 11) is 0. The quantitative estimate of drug-likeness (QED) is 0.710. The van der Waals surface area contributed by atoms with E-state index >= 15 is 0 Å². The molecule has 3 rings (SSSR count). The number of anilines is 2. The van der Waals surface area contributed by atoms with Crippen LogP contribution < -0.4 is 5.32 Å². The molecule has 0 aliphatic carbocycles. The Labute approximate surface area is 119 Å². The normalized spacial score (nSPS) is 11.8. The Morgan fingerprint density at radius 1 is 1.00 bits per heavy atom. The molecule has 0 bridgehead atoms. The molecule has 2 N–H and O–H groups in total. The third-order valence-electron chi connectivity index (χ3n) is 3.44. The third-order valence-corrected chi connectivity index (χ3v) is 3.44. The summed E-state index contributed by atoms with van der Waals surface area (Å²) in [6, 6.07) is 12.7. The first-order valence-corrected chi connectivity index (χ1v) is 6.83. The molecule has 0 spiro atoms. The standard InChI is InChI=1S/C17H19N3/c1-17(2,3)13-4-6-14(7-5-13)20-15-10-12-8-9-18-16(12)19-11-15/h4-11,20H,1-3H3,(H,18,19). The van der Waals surface area contributed by atoms with Gasteiger partial charge in [0.1, 0.15) is 5.65 Å². The van der Waals surface area contributed by atoms with Crippen LogP contribution in [0.25, 0.3) is 11.0 Å². The van der Waals surface area contributed by atoms with Gasteiger partial charge in [0.2, 0.25) is 0 Å². The van der Waals surface area contributed by atoms with Crippen LogP contribution in [0.3, 0.4) is 0 Å². The van der Waals surface area contributed by atoms with Crippen molar-refractivity contribution in [3.05, 3.63) is 54.4 Å². The minimum absolute atomic E-state index is 0.185. The molecule has 1 aromatic carbocycles. The van der Waals surface area contributed by atoms with Crippen LogP contribution in [-0.4, -0.2) is 9.97 Å². The Balaban J connectivity index is 1.83. The van der Waals surface area contributed by atoms with Crippen LogP contribution in [-0.2, 0) is 5.41 Å². The first-order valence-electron chi connectivity index (χ1n) is 6.83. The van der Waals surface area contributed by atoms with Gasteiger partial charge in [-0.05, 0) is 35.2 Å². The van der Waals surface area contributed by atoms with Gasteiger partial charge >= 0.3 is 0 Å². The zero-order valence-corrected chi connectivity index (χ0v) is 12.1. The number of aromatic amines is 1. The van der Waals surface area contributed by atoms with E-state index in [9.17, 15) is 0 Å². The maximum absolute atomic E-state index is 4.38. The molecule has 0 aliphatic rings. The van der Waals surface area contributed by atoms with Crippen molar-refractivity contribution in [3.63, 3.8) is 0 Å². The molecule has 0 atom stereocenters. The summed E-state index contributed by atoms with van der Waals surface area (Å²) in [5.74, 6) is 0. The number of pyridine rings is 1. The molecular weight excluding hydrogens is 246 g/mol. The average molecular weight is 265 g/mol. The summed E-state index contributed by atoms with van der Waals surface area (Å²) >= 11 is 0. The molecule has 3 aromatic rings. The lowest BCUT2D eigenvalue weighted by molar-refractivity contribution is 0.590. The van der Waals surface area contributed by atoms with Crippen molar-refractivity contribution >= 4 is 22.4 Å². The number of nitrogens with one attached hydrogen (secondary N) is 2. The summed E-state index contributed by atoms with van der Waals surface area (Å²) in [5, 5.41) is 4.50. The van der Waals surface area contributed by atoms with Gasteiger partial charge in [-0.25, -0.2) is 4.98 Å². The Kier molecular flexibility index (Phi) is 2.97. The highest BCUT2D eigenvalue weighted by molar-refractivity contribution is 5.80. The van der Waals surface area contributed by atoms with Gasteiger partial charge in [-0.15, -0.1) is 0 Å². The number of hydrogen-bond donors (Lipinski definition) is 2. The molecule has 0 amide bonds. The van der Waals surface area contributed by atoms with Crippen molar-refractivity contribution in [2.24, 2.45) is 0 Å². The van der Waals surface area contributed by atoms with Crippen molar-refractivity contribution in [2.45, 2.75) is 26.2 Å². The maximum Gasteiger partial charge on any atom is 0.137 e. The predicted molar refractivity (Wildman–Crippen MR) is 84.5 cm³/mol. The molecule has 0 unspecified atom stereocenters. The first-order chi connectivity index (χ1) is 9.52. The van der Waals surface area contributed by atoms with E-state index in [1.807, 2.05) is 18.5 Å². The van der Waals surface area contributed by atoms with Crippen molar-refractivity contribution in [1.82, 2.24) is 9.97 Å². The minimum atomic E-state index is 0.185. The molecule has 3 heteroatoms. The van der Waals surface area contributed by atoms with Crippen molar-refractivity contribution < 1.29 is 0 Å². The lowest BCUT2D eigenvalue weighted by Gasteiger charge is -2.19. The molecule has 0 radical (unpaired) electrons. The smallest absolute Gasteiger partial charge is 0.137 e. The van der Waals surface area contributed by atoms with Crippen LogP contribution >= 0.6 is 0 Å². The number of H-pyrrole nitrogens is 1. The van der Waals surface area contributed by atoms with Gasteiger partial charge in [-0.1, -0.05) is 32.9 Å². The van der Waals surface area contributed by atoms with Gasteiger partial charge in [0.25, 0.3) is 0 Å². The molecule has 3 nitrogen and oxygen atoms in total. The molecule has 0 saturated heterocycles. The largest absolute Gasteiger partial charge is 0.354 e. The van der Waals surface area contributed by atoms with E-state index in [4.69, 9.17) is 0 Å². The van der Waals surface area contributed by atoms with E-state index in [1.165, 1.54) is 5.56 Å². The highest BCUT2D eigenvalue weighted by atomic mass is 14.9. The number of benzene rings is 1. The van der Waals surface area contributed by atoms with Crippen LogP contribution in [0.15, 0.2) is 48.8 Å². The van der Waals surface area contributed by atoms with Crippen LogP contribution in [0.1, 0.15) is 26.3 Å². The lowest BCUT2D eigenvalue weighted by atomic mass is 9.87. The zero-order valence-electron chi connectivity index (χ0n) is 12.1. The van der Waals surface area contributed by atoms with E-state index in [1.54, 1.807) is 0 Å². The second-order valence-electron chi connectivity index (χ2n) is 6.09. The molecule has 2 heterocycles. The van der Waals surface area contributed by atoms with Crippen molar-refractivity contribution in [3.8, 4) is 0 Å². The SMILES string of the molecule is CC(C)(C)c1ccc(Nc2cnc3[nH]ccc3c2)cc1. The third kappa shape index (κ3) is 2.52. The fourth-order valence-electron chi connectivity index (χ4n) is 2.23. The zero-order chi connectivity index (χ0) is 14.2. The van der Waals surface area contributed by atoms with Gasteiger partial charge < -0.3 is 10.3 Å². The van der Waals surface area contributed by atoms with Crippen LogP contribution in [0, 0.1) is 0 Å². The van der Waals surface area contributed by atoms with Crippen LogP contribution in [0.4, 0.5) is 11.4 Å². The Morgan fingerprint density at radius 2 is 1.75 bits per heavy atom. The number of hydrogen-bond acceptors (Lipinski definition) is 2. The summed E-state index contributed by atoms with van der Waals surface area (Å²) in [6.45, 7) is 6.66. The summed E-state index contributed by atoms with van der Waals surface area (Å²) in [5.41, 5.74) is 4.51. The highest BCUT2D eigenvalue weighted by Gasteiger charge is 2.12. The Bertz CT molecular complexity index is 718. The topological polar surface area (TPSA) is 40.7 Å². The second-order valence-corrected chi connectivity index (χ2v) is 6.09. The molecule has 20 heavy (non-hydrogen) atoms. The van der Waals surface area contributed by atoms with Gasteiger partial charge in [0.05, 0.1) is 11.9 Å². The van der Waals surface area contributed by atoms with Gasteiger partial charge in [0.15, 0.2) is 0 Å². The lowest BCUT2D eigenvalue weighted by Crippen LogP contribution is -2.10. The molecule has 0 aliphatic heterocycles.